The maximum Gasteiger partial charge on any atom is 0.122 e. The van der Waals surface area contributed by atoms with Crippen LogP contribution in [0.15, 0.2) is 24.3 Å². The summed E-state index contributed by atoms with van der Waals surface area (Å²) in [5.74, 6) is 0.134. The molecule has 0 bridgehead atoms. The fraction of sp³-hybridized carbons (Fsp3) is 0.562. The smallest absolute Gasteiger partial charge is 0.122 e. The molecular weight excluding hydrogens is 234 g/mol. The van der Waals surface area contributed by atoms with Crippen LogP contribution in [0.2, 0.25) is 0 Å². The molecule has 106 valence electrons. The van der Waals surface area contributed by atoms with Crippen molar-refractivity contribution in [3.63, 3.8) is 0 Å². The first kappa shape index (κ1) is 15.5. The number of hydrogen-bond donors (Lipinski definition) is 2. The molecule has 1 aromatic carbocycles. The Labute approximate surface area is 117 Å². The molecule has 0 atom stereocenters. The molecule has 0 aliphatic heterocycles. The highest BCUT2D eigenvalue weighted by atomic mass is 15.1. The predicted octanol–water partition coefficient (Wildman–Crippen LogP) is 3.77. The Morgan fingerprint density at radius 1 is 1.16 bits per heavy atom. The summed E-state index contributed by atoms with van der Waals surface area (Å²) >= 11 is 0. The van der Waals surface area contributed by atoms with Gasteiger partial charge in [0.1, 0.15) is 5.84 Å². The summed E-state index contributed by atoms with van der Waals surface area (Å²) < 4.78 is 0. The molecule has 0 unspecified atom stereocenters. The number of amidine groups is 1. The maximum atomic E-state index is 7.46. The van der Waals surface area contributed by atoms with Gasteiger partial charge in [-0.1, -0.05) is 51.2 Å². The normalized spacial score (nSPS) is 10.4. The van der Waals surface area contributed by atoms with E-state index in [1.807, 2.05) is 18.2 Å². The third kappa shape index (κ3) is 5.77. The Hall–Kier alpha value is -1.51. The number of benzene rings is 1. The Bertz CT molecular complexity index is 387. The highest BCUT2D eigenvalue weighted by molar-refractivity contribution is 5.95. The number of unbranched alkanes of at least 4 members (excludes halogenated alkanes) is 5. The van der Waals surface area contributed by atoms with Gasteiger partial charge in [-0.25, -0.2) is 0 Å². The first-order valence-corrected chi connectivity index (χ1v) is 7.30. The molecule has 3 nitrogen and oxygen atoms in total. The van der Waals surface area contributed by atoms with Crippen LogP contribution in [0.5, 0.6) is 0 Å². The third-order valence-electron chi connectivity index (χ3n) is 3.45. The van der Waals surface area contributed by atoms with Crippen molar-refractivity contribution in [2.24, 2.45) is 5.73 Å². The molecule has 0 radical (unpaired) electrons. The zero-order valence-corrected chi connectivity index (χ0v) is 12.3. The van der Waals surface area contributed by atoms with Gasteiger partial charge in [0.25, 0.3) is 0 Å². The fourth-order valence-electron chi connectivity index (χ4n) is 2.17. The lowest BCUT2D eigenvalue weighted by Crippen LogP contribution is -2.19. The average Bonchev–Trinajstić information content (AvgIpc) is 2.42. The van der Waals surface area contributed by atoms with Crippen LogP contribution in [0.4, 0.5) is 5.69 Å². The number of anilines is 1. The molecule has 1 rings (SSSR count). The highest BCUT2D eigenvalue weighted by Crippen LogP contribution is 2.15. The van der Waals surface area contributed by atoms with E-state index in [-0.39, 0.29) is 5.84 Å². The zero-order chi connectivity index (χ0) is 14.1. The summed E-state index contributed by atoms with van der Waals surface area (Å²) in [6, 6.07) is 7.90. The van der Waals surface area contributed by atoms with E-state index in [9.17, 15) is 0 Å². The van der Waals surface area contributed by atoms with Crippen LogP contribution < -0.4 is 10.6 Å². The third-order valence-corrected chi connectivity index (χ3v) is 3.45. The first-order chi connectivity index (χ1) is 9.15. The van der Waals surface area contributed by atoms with Crippen LogP contribution in [-0.4, -0.2) is 19.4 Å². The summed E-state index contributed by atoms with van der Waals surface area (Å²) in [6.07, 6.45) is 7.89. The number of nitrogens with one attached hydrogen (secondary N) is 1. The van der Waals surface area contributed by atoms with E-state index in [0.717, 1.165) is 17.8 Å². The number of nitrogens with zero attached hydrogens (tertiary/aromatic N) is 1. The second kappa shape index (κ2) is 8.57. The summed E-state index contributed by atoms with van der Waals surface area (Å²) in [7, 11) is 2.10. The number of hydrogen-bond acceptors (Lipinski definition) is 2. The maximum absolute atomic E-state index is 7.46. The molecule has 0 saturated carbocycles. The molecule has 0 amide bonds. The van der Waals surface area contributed by atoms with Gasteiger partial charge < -0.3 is 10.6 Å². The van der Waals surface area contributed by atoms with E-state index in [2.05, 4.69) is 24.9 Å². The minimum Gasteiger partial charge on any atom is -0.384 e. The van der Waals surface area contributed by atoms with Crippen LogP contribution >= 0.6 is 0 Å². The van der Waals surface area contributed by atoms with E-state index in [4.69, 9.17) is 11.1 Å². The Morgan fingerprint density at radius 2 is 1.84 bits per heavy atom. The van der Waals surface area contributed by atoms with Gasteiger partial charge in [0, 0.05) is 24.8 Å². The zero-order valence-electron chi connectivity index (χ0n) is 12.3. The second-order valence-corrected chi connectivity index (χ2v) is 5.15. The molecule has 3 N–H and O–H groups in total. The van der Waals surface area contributed by atoms with E-state index in [1.54, 1.807) is 0 Å². The minimum atomic E-state index is 0.134. The van der Waals surface area contributed by atoms with Crippen LogP contribution in [-0.2, 0) is 0 Å². The number of nitrogen functional groups attached to an aromatic ring is 1. The molecule has 19 heavy (non-hydrogen) atoms. The topological polar surface area (TPSA) is 53.1 Å². The van der Waals surface area contributed by atoms with Crippen molar-refractivity contribution in [3.05, 3.63) is 29.8 Å². The molecule has 0 aliphatic rings. The van der Waals surface area contributed by atoms with Gasteiger partial charge in [0.05, 0.1) is 0 Å². The Morgan fingerprint density at radius 3 is 2.53 bits per heavy atom. The predicted molar refractivity (Wildman–Crippen MR) is 84.1 cm³/mol. The molecule has 0 aliphatic carbocycles. The molecule has 0 aromatic heterocycles. The Kier molecular flexibility index (Phi) is 7.01. The lowest BCUT2D eigenvalue weighted by molar-refractivity contribution is 0.606. The van der Waals surface area contributed by atoms with E-state index in [1.165, 1.54) is 38.5 Å². The van der Waals surface area contributed by atoms with Gasteiger partial charge in [-0.05, 0) is 18.6 Å². The van der Waals surface area contributed by atoms with E-state index in [0.29, 0.717) is 0 Å². The molecule has 0 heterocycles. The van der Waals surface area contributed by atoms with Crippen molar-refractivity contribution in [2.75, 3.05) is 18.5 Å². The van der Waals surface area contributed by atoms with Gasteiger partial charge in [-0.2, -0.15) is 0 Å². The lowest BCUT2D eigenvalue weighted by Gasteiger charge is -2.19. The SMILES string of the molecule is CCCCCCCCN(C)c1cccc(C(=N)N)c1. The first-order valence-electron chi connectivity index (χ1n) is 7.30. The van der Waals surface area contributed by atoms with Gasteiger partial charge in [-0.3, -0.25) is 5.41 Å². The molecular formula is C16H27N3. The van der Waals surface area contributed by atoms with Gasteiger partial charge >= 0.3 is 0 Å². The van der Waals surface area contributed by atoms with Crippen molar-refractivity contribution in [1.29, 1.82) is 5.41 Å². The Balaban J connectivity index is 2.34. The second-order valence-electron chi connectivity index (χ2n) is 5.15. The largest absolute Gasteiger partial charge is 0.384 e. The van der Waals surface area contributed by atoms with Crippen molar-refractivity contribution < 1.29 is 0 Å². The fourth-order valence-corrected chi connectivity index (χ4v) is 2.17. The van der Waals surface area contributed by atoms with Crippen LogP contribution in [0, 0.1) is 5.41 Å². The number of nitrogens with two attached hydrogens (primary N) is 1. The van der Waals surface area contributed by atoms with Gasteiger partial charge in [-0.15, -0.1) is 0 Å². The molecule has 0 saturated heterocycles. The van der Waals surface area contributed by atoms with Crippen molar-refractivity contribution in [1.82, 2.24) is 0 Å². The van der Waals surface area contributed by atoms with Gasteiger partial charge in [0.15, 0.2) is 0 Å². The molecule has 0 fully saturated rings. The van der Waals surface area contributed by atoms with Gasteiger partial charge in [0.2, 0.25) is 0 Å². The van der Waals surface area contributed by atoms with Crippen LogP contribution in [0.25, 0.3) is 0 Å². The monoisotopic (exact) mass is 261 g/mol. The van der Waals surface area contributed by atoms with Crippen molar-refractivity contribution in [2.45, 2.75) is 45.4 Å². The van der Waals surface area contributed by atoms with Crippen molar-refractivity contribution >= 4 is 11.5 Å². The van der Waals surface area contributed by atoms with E-state index >= 15 is 0 Å². The summed E-state index contributed by atoms with van der Waals surface area (Å²) in [5, 5.41) is 7.46. The van der Waals surface area contributed by atoms with Crippen molar-refractivity contribution in [3.8, 4) is 0 Å². The molecule has 1 aromatic rings. The van der Waals surface area contributed by atoms with Crippen LogP contribution in [0.1, 0.15) is 51.0 Å². The standard InChI is InChI=1S/C16H27N3/c1-3-4-5-6-7-8-12-19(2)15-11-9-10-14(13-15)16(17)18/h9-11,13H,3-8,12H2,1-2H3,(H3,17,18). The number of rotatable bonds is 9. The molecule has 3 heteroatoms. The average molecular weight is 261 g/mol. The lowest BCUT2D eigenvalue weighted by atomic mass is 10.1. The highest BCUT2D eigenvalue weighted by Gasteiger charge is 2.03. The van der Waals surface area contributed by atoms with E-state index < -0.39 is 0 Å². The summed E-state index contributed by atoms with van der Waals surface area (Å²) in [5.41, 5.74) is 7.45. The quantitative estimate of drug-likeness (QED) is 0.404. The molecule has 0 spiro atoms. The van der Waals surface area contributed by atoms with Crippen LogP contribution in [0.3, 0.4) is 0 Å². The summed E-state index contributed by atoms with van der Waals surface area (Å²) in [4.78, 5) is 2.24. The minimum absolute atomic E-state index is 0.134. The summed E-state index contributed by atoms with van der Waals surface area (Å²) in [6.45, 7) is 3.31.